The van der Waals surface area contributed by atoms with Crippen molar-refractivity contribution in [3.63, 3.8) is 0 Å². The number of nitrogens with one attached hydrogen (secondary N) is 1. The maximum atomic E-state index is 3.81. The van der Waals surface area contributed by atoms with Crippen molar-refractivity contribution in [1.29, 1.82) is 0 Å². The van der Waals surface area contributed by atoms with E-state index in [0.29, 0.717) is 0 Å². The van der Waals surface area contributed by atoms with Gasteiger partial charge in [0.2, 0.25) is 0 Å². The maximum Gasteiger partial charge on any atom is 0.0136 e. The van der Waals surface area contributed by atoms with E-state index in [1.54, 1.807) is 0 Å². The molecule has 2 fully saturated rings. The van der Waals surface area contributed by atoms with E-state index in [1.165, 1.54) is 45.3 Å². The molecule has 2 nitrogen and oxygen atoms in total. The first-order valence-corrected chi connectivity index (χ1v) is 6.91. The minimum absolute atomic E-state index is 0.809. The predicted octanol–water partition coefficient (Wildman–Crippen LogP) is 1.88. The van der Waals surface area contributed by atoms with E-state index in [-0.39, 0.29) is 0 Å². The molecule has 0 bridgehead atoms. The molecule has 0 aromatic carbocycles. The van der Waals surface area contributed by atoms with Crippen LogP contribution in [0.15, 0.2) is 12.2 Å². The Hall–Kier alpha value is -0.340. The van der Waals surface area contributed by atoms with Crippen molar-refractivity contribution in [2.45, 2.75) is 31.7 Å². The van der Waals surface area contributed by atoms with Gasteiger partial charge in [0.05, 0.1) is 0 Å². The number of likely N-dealkylation sites (tertiary alicyclic amines) is 1. The predicted molar refractivity (Wildman–Crippen MR) is 67.4 cm³/mol. The topological polar surface area (TPSA) is 15.3 Å². The van der Waals surface area contributed by atoms with E-state index in [9.17, 15) is 0 Å². The zero-order chi connectivity index (χ0) is 11.0. The minimum atomic E-state index is 0.809. The Kier molecular flexibility index (Phi) is 3.03. The first-order valence-electron chi connectivity index (χ1n) is 6.91. The van der Waals surface area contributed by atoms with Crippen molar-refractivity contribution >= 4 is 0 Å². The molecule has 1 aliphatic heterocycles. The quantitative estimate of drug-likeness (QED) is 0.731. The van der Waals surface area contributed by atoms with Gasteiger partial charge in [0, 0.05) is 6.04 Å². The molecule has 2 aliphatic carbocycles. The van der Waals surface area contributed by atoms with Crippen LogP contribution in [-0.2, 0) is 0 Å². The summed E-state index contributed by atoms with van der Waals surface area (Å²) >= 11 is 0. The van der Waals surface area contributed by atoms with Crippen molar-refractivity contribution in [2.24, 2.45) is 17.8 Å². The fourth-order valence-corrected chi connectivity index (χ4v) is 3.53. The van der Waals surface area contributed by atoms with Gasteiger partial charge in [0.25, 0.3) is 0 Å². The van der Waals surface area contributed by atoms with Crippen LogP contribution in [0, 0.1) is 17.8 Å². The van der Waals surface area contributed by atoms with Gasteiger partial charge >= 0.3 is 0 Å². The summed E-state index contributed by atoms with van der Waals surface area (Å²) in [7, 11) is 2.24. The molecule has 1 saturated heterocycles. The fraction of sp³-hybridized carbons (Fsp3) is 0.857. The third-order valence-electron chi connectivity index (χ3n) is 4.87. The fourth-order valence-electron chi connectivity index (χ4n) is 3.53. The normalized spacial score (nSPS) is 39.7. The Morgan fingerprint density at radius 3 is 2.88 bits per heavy atom. The lowest BCUT2D eigenvalue weighted by atomic mass is 9.71. The average Bonchev–Trinajstić information content (AvgIpc) is 2.63. The van der Waals surface area contributed by atoms with Crippen LogP contribution >= 0.6 is 0 Å². The van der Waals surface area contributed by atoms with Crippen molar-refractivity contribution in [2.75, 3.05) is 26.7 Å². The van der Waals surface area contributed by atoms with Crippen LogP contribution in [-0.4, -0.2) is 37.6 Å². The summed E-state index contributed by atoms with van der Waals surface area (Å²) in [6.45, 7) is 3.85. The summed E-state index contributed by atoms with van der Waals surface area (Å²) in [6.07, 6.45) is 10.4. The molecule has 3 unspecified atom stereocenters. The van der Waals surface area contributed by atoms with Crippen molar-refractivity contribution in [1.82, 2.24) is 10.2 Å². The highest BCUT2D eigenvalue weighted by molar-refractivity contribution is 5.12. The number of hydrogen-bond acceptors (Lipinski definition) is 2. The maximum absolute atomic E-state index is 3.81. The average molecular weight is 220 g/mol. The van der Waals surface area contributed by atoms with Crippen molar-refractivity contribution in [3.8, 4) is 0 Å². The van der Waals surface area contributed by atoms with Crippen LogP contribution < -0.4 is 5.32 Å². The molecule has 3 atom stereocenters. The third kappa shape index (κ3) is 2.05. The minimum Gasteiger partial charge on any atom is -0.313 e. The van der Waals surface area contributed by atoms with E-state index in [2.05, 4.69) is 29.4 Å². The van der Waals surface area contributed by atoms with Gasteiger partial charge in [-0.05, 0) is 70.1 Å². The Bertz CT molecular complexity index is 266. The molecule has 1 N–H and O–H groups in total. The highest BCUT2D eigenvalue weighted by Gasteiger charge is 2.40. The molecule has 1 saturated carbocycles. The van der Waals surface area contributed by atoms with Crippen molar-refractivity contribution in [3.05, 3.63) is 12.2 Å². The third-order valence-corrected chi connectivity index (χ3v) is 4.87. The van der Waals surface area contributed by atoms with Crippen LogP contribution in [0.4, 0.5) is 0 Å². The SMILES string of the molecule is CN1CCC(CNC2CC3CC=CC32)CC1. The monoisotopic (exact) mass is 220 g/mol. The van der Waals surface area contributed by atoms with Gasteiger partial charge in [0.1, 0.15) is 0 Å². The van der Waals surface area contributed by atoms with Crippen LogP contribution in [0.1, 0.15) is 25.7 Å². The smallest absolute Gasteiger partial charge is 0.0136 e. The van der Waals surface area contributed by atoms with Gasteiger partial charge in [-0.25, -0.2) is 0 Å². The summed E-state index contributed by atoms with van der Waals surface area (Å²) in [5, 5.41) is 3.81. The van der Waals surface area contributed by atoms with Crippen LogP contribution in [0.5, 0.6) is 0 Å². The van der Waals surface area contributed by atoms with Crippen LogP contribution in [0.25, 0.3) is 0 Å². The second-order valence-electron chi connectivity index (χ2n) is 6.00. The van der Waals surface area contributed by atoms with Gasteiger partial charge in [-0.1, -0.05) is 12.2 Å². The lowest BCUT2D eigenvalue weighted by Crippen LogP contribution is -2.50. The molecule has 0 aromatic rings. The van der Waals surface area contributed by atoms with Crippen molar-refractivity contribution < 1.29 is 0 Å². The number of fused-ring (bicyclic) bond motifs is 1. The summed E-state index contributed by atoms with van der Waals surface area (Å²) in [5.74, 6) is 2.81. The van der Waals surface area contributed by atoms with E-state index in [0.717, 1.165) is 23.8 Å². The van der Waals surface area contributed by atoms with Crippen LogP contribution in [0.2, 0.25) is 0 Å². The van der Waals surface area contributed by atoms with E-state index in [4.69, 9.17) is 0 Å². The van der Waals surface area contributed by atoms with Gasteiger partial charge in [-0.15, -0.1) is 0 Å². The van der Waals surface area contributed by atoms with Gasteiger partial charge in [0.15, 0.2) is 0 Å². The van der Waals surface area contributed by atoms with Gasteiger partial charge in [-0.2, -0.15) is 0 Å². The highest BCUT2D eigenvalue weighted by atomic mass is 15.1. The Balaban J connectivity index is 1.39. The van der Waals surface area contributed by atoms with Gasteiger partial charge < -0.3 is 10.2 Å². The molecular formula is C14H24N2. The van der Waals surface area contributed by atoms with E-state index >= 15 is 0 Å². The Morgan fingerprint density at radius 2 is 2.12 bits per heavy atom. The molecule has 0 aromatic heterocycles. The molecule has 2 heteroatoms. The molecule has 90 valence electrons. The molecule has 0 radical (unpaired) electrons. The van der Waals surface area contributed by atoms with Crippen LogP contribution in [0.3, 0.4) is 0 Å². The summed E-state index contributed by atoms with van der Waals surface area (Å²) in [6, 6.07) is 0.809. The highest BCUT2D eigenvalue weighted by Crippen LogP contribution is 2.42. The van der Waals surface area contributed by atoms with E-state index < -0.39 is 0 Å². The van der Waals surface area contributed by atoms with Gasteiger partial charge in [-0.3, -0.25) is 0 Å². The first kappa shape index (κ1) is 10.8. The standard InChI is InChI=1S/C14H24N2/c1-16-7-5-11(6-8-16)10-15-14-9-12-3-2-4-13(12)14/h2,4,11-15H,3,5-10H2,1H3. The molecule has 16 heavy (non-hydrogen) atoms. The number of rotatable bonds is 3. The second kappa shape index (κ2) is 4.50. The molecule has 0 spiro atoms. The largest absolute Gasteiger partial charge is 0.313 e. The zero-order valence-electron chi connectivity index (χ0n) is 10.4. The Labute approximate surface area is 99.1 Å². The number of piperidine rings is 1. The lowest BCUT2D eigenvalue weighted by molar-refractivity contribution is 0.145. The number of allylic oxidation sites excluding steroid dienone is 1. The van der Waals surface area contributed by atoms with E-state index in [1.807, 2.05) is 0 Å². The second-order valence-corrected chi connectivity index (χ2v) is 6.00. The Morgan fingerprint density at radius 1 is 1.31 bits per heavy atom. The molecule has 0 amide bonds. The first-order chi connectivity index (χ1) is 7.83. The summed E-state index contributed by atoms with van der Waals surface area (Å²) < 4.78 is 0. The summed E-state index contributed by atoms with van der Waals surface area (Å²) in [4.78, 5) is 2.45. The zero-order valence-corrected chi connectivity index (χ0v) is 10.4. The number of hydrogen-bond donors (Lipinski definition) is 1. The summed E-state index contributed by atoms with van der Waals surface area (Å²) in [5.41, 5.74) is 0. The number of nitrogens with zero attached hydrogens (tertiary/aromatic N) is 1. The molecule has 3 aliphatic rings. The molecular weight excluding hydrogens is 196 g/mol. The lowest BCUT2D eigenvalue weighted by Gasteiger charge is -2.42. The molecule has 1 heterocycles. The molecule has 3 rings (SSSR count).